The molecule has 1 N–H and O–H groups in total. The van der Waals surface area contributed by atoms with Gasteiger partial charge in [-0.3, -0.25) is 14.5 Å². The third-order valence-corrected chi connectivity index (χ3v) is 4.75. The van der Waals surface area contributed by atoms with Gasteiger partial charge in [0.15, 0.2) is 11.6 Å². The van der Waals surface area contributed by atoms with Gasteiger partial charge >= 0.3 is 0 Å². The second-order valence-corrected chi connectivity index (χ2v) is 7.02. The van der Waals surface area contributed by atoms with Crippen LogP contribution in [0.25, 0.3) is 0 Å². The Morgan fingerprint density at radius 3 is 2.88 bits per heavy atom. The largest absolute Gasteiger partial charge is 0.464 e. The summed E-state index contributed by atoms with van der Waals surface area (Å²) >= 11 is 1.54. The highest BCUT2D eigenvalue weighted by molar-refractivity contribution is 7.09. The molecule has 0 aromatic carbocycles. The van der Waals surface area contributed by atoms with Crippen LogP contribution >= 0.6 is 11.3 Å². The minimum absolute atomic E-state index is 0.139. The quantitative estimate of drug-likeness (QED) is 0.864. The van der Waals surface area contributed by atoms with Gasteiger partial charge < -0.3 is 10.1 Å². The van der Waals surface area contributed by atoms with E-state index in [2.05, 4.69) is 10.3 Å². The van der Waals surface area contributed by atoms with Crippen molar-refractivity contribution in [2.24, 2.45) is 0 Å². The molecular formula is C17H19N3O3S. The van der Waals surface area contributed by atoms with Crippen LogP contribution < -0.4 is 15.0 Å². The van der Waals surface area contributed by atoms with Crippen molar-refractivity contribution in [1.82, 2.24) is 10.3 Å². The maximum absolute atomic E-state index is 13.0. The maximum atomic E-state index is 13.0. The summed E-state index contributed by atoms with van der Waals surface area (Å²) in [5, 5.41) is 4.73. The summed E-state index contributed by atoms with van der Waals surface area (Å²) in [5.74, 6) is 0.00837. The number of carbonyl (C=O) groups excluding carboxylic acids is 2. The van der Waals surface area contributed by atoms with E-state index < -0.39 is 17.4 Å². The second kappa shape index (κ2) is 6.24. The summed E-state index contributed by atoms with van der Waals surface area (Å²) < 4.78 is 5.78. The fraction of sp³-hybridized carbons (Fsp3) is 0.353. The van der Waals surface area contributed by atoms with Crippen LogP contribution in [0.3, 0.4) is 0 Å². The molecule has 126 valence electrons. The van der Waals surface area contributed by atoms with Crippen molar-refractivity contribution >= 4 is 29.0 Å². The molecule has 0 spiro atoms. The average Bonchev–Trinajstić information content (AvgIpc) is 3.06. The normalized spacial score (nSPS) is 19.8. The molecule has 2 amide bonds. The van der Waals surface area contributed by atoms with Crippen molar-refractivity contribution in [3.63, 3.8) is 0 Å². The van der Waals surface area contributed by atoms with Gasteiger partial charge in [-0.05, 0) is 44.4 Å². The molecule has 6 nitrogen and oxygen atoms in total. The van der Waals surface area contributed by atoms with Crippen molar-refractivity contribution in [3.05, 3.63) is 40.7 Å². The second-order valence-electron chi connectivity index (χ2n) is 5.99. The predicted octanol–water partition coefficient (Wildman–Crippen LogP) is 2.35. The van der Waals surface area contributed by atoms with E-state index in [1.807, 2.05) is 31.4 Å². The lowest BCUT2D eigenvalue weighted by Gasteiger charge is -2.40. The molecule has 0 bridgehead atoms. The van der Waals surface area contributed by atoms with Crippen molar-refractivity contribution in [1.29, 1.82) is 0 Å². The molecule has 0 radical (unpaired) electrons. The summed E-state index contributed by atoms with van der Waals surface area (Å²) in [6, 6.07) is 7.14. The van der Waals surface area contributed by atoms with Gasteiger partial charge in [0.2, 0.25) is 0 Å². The molecule has 0 unspecified atom stereocenters. The van der Waals surface area contributed by atoms with Gasteiger partial charge in [-0.1, -0.05) is 6.07 Å². The first-order chi connectivity index (χ1) is 11.4. The van der Waals surface area contributed by atoms with Gasteiger partial charge in [-0.15, -0.1) is 11.3 Å². The number of nitrogens with zero attached hydrogens (tertiary/aromatic N) is 2. The molecule has 0 saturated heterocycles. The monoisotopic (exact) mass is 345 g/mol. The van der Waals surface area contributed by atoms with Crippen LogP contribution in [0.2, 0.25) is 0 Å². The van der Waals surface area contributed by atoms with Crippen LogP contribution in [0, 0.1) is 0 Å². The molecular weight excluding hydrogens is 326 g/mol. The standard InChI is InChI=1S/C17H19N3O3S/c1-11(2)20-14-13(7-4-8-18-14)23-17(3,16(20)22)15(21)19-10-12-6-5-9-24-12/h4-9,11H,10H2,1-3H3,(H,19,21)/t17-/m0/s1. The zero-order chi connectivity index (χ0) is 17.3. The minimum Gasteiger partial charge on any atom is -0.464 e. The SMILES string of the molecule is CC(C)N1C(=O)[C@](C)(C(=O)NCc2cccs2)Oc2cccnc21. The van der Waals surface area contributed by atoms with Crippen LogP contribution in [-0.4, -0.2) is 28.4 Å². The number of fused-ring (bicyclic) bond motifs is 1. The van der Waals surface area contributed by atoms with E-state index in [0.29, 0.717) is 18.1 Å². The summed E-state index contributed by atoms with van der Waals surface area (Å²) in [6.45, 7) is 5.63. The van der Waals surface area contributed by atoms with Crippen LogP contribution in [0.1, 0.15) is 25.6 Å². The summed E-state index contributed by atoms with van der Waals surface area (Å²) in [6.07, 6.45) is 1.60. The molecule has 2 aromatic rings. The molecule has 3 rings (SSSR count). The van der Waals surface area contributed by atoms with E-state index in [1.165, 1.54) is 11.8 Å². The lowest BCUT2D eigenvalue weighted by atomic mass is 10.00. The summed E-state index contributed by atoms with van der Waals surface area (Å²) in [7, 11) is 0. The molecule has 2 aromatic heterocycles. The lowest BCUT2D eigenvalue weighted by molar-refractivity contribution is -0.148. The number of carbonyl (C=O) groups is 2. The molecule has 1 aliphatic heterocycles. The Labute approximate surface area is 144 Å². The van der Waals surface area contributed by atoms with E-state index in [-0.39, 0.29) is 6.04 Å². The molecule has 3 heterocycles. The number of pyridine rings is 1. The Bertz CT molecular complexity index is 760. The number of ether oxygens (including phenoxy) is 1. The molecule has 0 aliphatic carbocycles. The zero-order valence-electron chi connectivity index (χ0n) is 13.8. The Balaban J connectivity index is 1.89. The van der Waals surface area contributed by atoms with Crippen molar-refractivity contribution in [2.75, 3.05) is 4.90 Å². The number of hydrogen-bond donors (Lipinski definition) is 1. The number of rotatable bonds is 4. The molecule has 0 saturated carbocycles. The highest BCUT2D eigenvalue weighted by atomic mass is 32.1. The fourth-order valence-electron chi connectivity index (χ4n) is 2.60. The van der Waals surface area contributed by atoms with Gasteiger partial charge in [-0.2, -0.15) is 0 Å². The van der Waals surface area contributed by atoms with Crippen molar-refractivity contribution in [2.45, 2.75) is 39.0 Å². The van der Waals surface area contributed by atoms with Crippen molar-refractivity contribution < 1.29 is 14.3 Å². The highest BCUT2D eigenvalue weighted by Crippen LogP contribution is 2.37. The van der Waals surface area contributed by atoms with E-state index in [0.717, 1.165) is 4.88 Å². The van der Waals surface area contributed by atoms with E-state index in [9.17, 15) is 9.59 Å². The van der Waals surface area contributed by atoms with Crippen LogP contribution in [-0.2, 0) is 16.1 Å². The number of nitrogens with one attached hydrogen (secondary N) is 1. The van der Waals surface area contributed by atoms with E-state index in [4.69, 9.17) is 4.74 Å². The summed E-state index contributed by atoms with van der Waals surface area (Å²) in [5.41, 5.74) is -1.61. The number of hydrogen-bond acceptors (Lipinski definition) is 5. The maximum Gasteiger partial charge on any atom is 0.282 e. The number of thiophene rings is 1. The van der Waals surface area contributed by atoms with E-state index >= 15 is 0 Å². The Morgan fingerprint density at radius 1 is 1.42 bits per heavy atom. The Kier molecular flexibility index (Phi) is 4.28. The Hall–Kier alpha value is -2.41. The smallest absolute Gasteiger partial charge is 0.282 e. The van der Waals surface area contributed by atoms with Crippen LogP contribution in [0.15, 0.2) is 35.8 Å². The number of aromatic nitrogens is 1. The third kappa shape index (κ3) is 2.75. The topological polar surface area (TPSA) is 71.5 Å². The predicted molar refractivity (Wildman–Crippen MR) is 92.1 cm³/mol. The first kappa shape index (κ1) is 16.4. The zero-order valence-corrected chi connectivity index (χ0v) is 14.6. The molecule has 7 heteroatoms. The Morgan fingerprint density at radius 2 is 2.21 bits per heavy atom. The van der Waals surface area contributed by atoms with Gasteiger partial charge in [0.05, 0.1) is 6.54 Å². The number of amides is 2. The molecule has 1 atom stereocenters. The molecule has 1 aliphatic rings. The van der Waals surface area contributed by atoms with Crippen LogP contribution in [0.5, 0.6) is 5.75 Å². The fourth-order valence-corrected chi connectivity index (χ4v) is 3.25. The van der Waals surface area contributed by atoms with Gasteiger partial charge in [0, 0.05) is 17.1 Å². The minimum atomic E-state index is -1.61. The highest BCUT2D eigenvalue weighted by Gasteiger charge is 2.51. The van der Waals surface area contributed by atoms with E-state index in [1.54, 1.807) is 29.7 Å². The third-order valence-electron chi connectivity index (χ3n) is 3.87. The van der Waals surface area contributed by atoms with Gasteiger partial charge in [-0.25, -0.2) is 4.98 Å². The first-order valence-corrected chi connectivity index (χ1v) is 8.60. The molecule has 0 fully saturated rings. The first-order valence-electron chi connectivity index (χ1n) is 7.72. The molecule has 24 heavy (non-hydrogen) atoms. The average molecular weight is 345 g/mol. The lowest BCUT2D eigenvalue weighted by Crippen LogP contribution is -2.63. The van der Waals surface area contributed by atoms with Crippen LogP contribution in [0.4, 0.5) is 5.82 Å². The van der Waals surface area contributed by atoms with Crippen molar-refractivity contribution in [3.8, 4) is 5.75 Å². The summed E-state index contributed by atoms with van der Waals surface area (Å²) in [4.78, 5) is 32.4. The van der Waals surface area contributed by atoms with Gasteiger partial charge in [0.1, 0.15) is 0 Å². The van der Waals surface area contributed by atoms with Gasteiger partial charge in [0.25, 0.3) is 17.4 Å². The number of anilines is 1.